The number of aromatic nitrogens is 4. The standard InChI is InChI=1S/C14H19ClN4O/c1-6-9(4)20-10(5)11(6)13-17-18-14-12(15)16-7(2)8(3)19(13)14/h6,9-11H,1-5H3. The van der Waals surface area contributed by atoms with Crippen LogP contribution in [0.1, 0.15) is 43.9 Å². The molecule has 20 heavy (non-hydrogen) atoms. The fraction of sp³-hybridized carbons (Fsp3) is 0.643. The quantitative estimate of drug-likeness (QED) is 0.811. The monoisotopic (exact) mass is 294 g/mol. The second kappa shape index (κ2) is 4.67. The van der Waals surface area contributed by atoms with Crippen molar-refractivity contribution in [3.63, 3.8) is 0 Å². The maximum absolute atomic E-state index is 6.19. The minimum atomic E-state index is 0.124. The largest absolute Gasteiger partial charge is 0.374 e. The van der Waals surface area contributed by atoms with E-state index in [2.05, 4.69) is 36.0 Å². The summed E-state index contributed by atoms with van der Waals surface area (Å²) in [4.78, 5) is 4.31. The first-order chi connectivity index (χ1) is 9.41. The summed E-state index contributed by atoms with van der Waals surface area (Å²) in [6.07, 6.45) is 0.347. The van der Waals surface area contributed by atoms with Crippen molar-refractivity contribution in [1.82, 2.24) is 19.6 Å². The molecule has 4 atom stereocenters. The van der Waals surface area contributed by atoms with Gasteiger partial charge in [0.25, 0.3) is 0 Å². The van der Waals surface area contributed by atoms with E-state index < -0.39 is 0 Å². The molecule has 0 amide bonds. The van der Waals surface area contributed by atoms with E-state index in [0.717, 1.165) is 17.2 Å². The minimum absolute atomic E-state index is 0.124. The smallest absolute Gasteiger partial charge is 0.198 e. The summed E-state index contributed by atoms with van der Waals surface area (Å²) in [6, 6.07) is 0. The van der Waals surface area contributed by atoms with Crippen molar-refractivity contribution in [3.8, 4) is 0 Å². The van der Waals surface area contributed by atoms with Crippen LogP contribution in [0, 0.1) is 19.8 Å². The number of hydrogen-bond donors (Lipinski definition) is 0. The number of halogens is 1. The van der Waals surface area contributed by atoms with Crippen LogP contribution in [0.2, 0.25) is 5.15 Å². The number of rotatable bonds is 1. The van der Waals surface area contributed by atoms with Crippen LogP contribution in [0.5, 0.6) is 0 Å². The molecule has 5 nitrogen and oxygen atoms in total. The molecule has 0 N–H and O–H groups in total. The van der Waals surface area contributed by atoms with Gasteiger partial charge in [0.05, 0.1) is 23.8 Å². The third kappa shape index (κ3) is 1.84. The first-order valence-electron chi connectivity index (χ1n) is 6.95. The van der Waals surface area contributed by atoms with Crippen molar-refractivity contribution < 1.29 is 4.74 Å². The van der Waals surface area contributed by atoms with Crippen LogP contribution in [0.15, 0.2) is 0 Å². The van der Waals surface area contributed by atoms with Crippen LogP contribution >= 0.6 is 11.6 Å². The van der Waals surface area contributed by atoms with Crippen molar-refractivity contribution in [2.75, 3.05) is 0 Å². The summed E-state index contributed by atoms with van der Waals surface area (Å²) >= 11 is 6.19. The second-order valence-electron chi connectivity index (χ2n) is 5.72. The lowest BCUT2D eigenvalue weighted by molar-refractivity contribution is 0.0553. The molecular weight excluding hydrogens is 276 g/mol. The number of aryl methyl sites for hydroxylation is 2. The van der Waals surface area contributed by atoms with Crippen molar-refractivity contribution in [3.05, 3.63) is 22.4 Å². The topological polar surface area (TPSA) is 52.3 Å². The summed E-state index contributed by atoms with van der Waals surface area (Å²) in [7, 11) is 0. The lowest BCUT2D eigenvalue weighted by atomic mass is 9.89. The molecule has 108 valence electrons. The van der Waals surface area contributed by atoms with Gasteiger partial charge in [-0.1, -0.05) is 18.5 Å². The Morgan fingerprint density at radius 2 is 1.80 bits per heavy atom. The Bertz CT molecular complexity index is 669. The van der Waals surface area contributed by atoms with Gasteiger partial charge in [0.15, 0.2) is 10.8 Å². The molecule has 0 bridgehead atoms. The summed E-state index contributed by atoms with van der Waals surface area (Å²) < 4.78 is 7.96. The van der Waals surface area contributed by atoms with Crippen LogP contribution in [-0.4, -0.2) is 31.8 Å². The normalized spacial score (nSPS) is 30.3. The van der Waals surface area contributed by atoms with E-state index in [4.69, 9.17) is 16.3 Å². The summed E-state index contributed by atoms with van der Waals surface area (Å²) in [5.41, 5.74) is 2.56. The number of nitrogens with zero attached hydrogens (tertiary/aromatic N) is 4. The molecule has 0 saturated carbocycles. The molecule has 3 rings (SSSR count). The highest BCUT2D eigenvalue weighted by atomic mass is 35.5. The van der Waals surface area contributed by atoms with Gasteiger partial charge >= 0.3 is 0 Å². The lowest BCUT2D eigenvalue weighted by Gasteiger charge is -2.18. The van der Waals surface area contributed by atoms with Gasteiger partial charge in [-0.2, -0.15) is 0 Å². The molecule has 3 heterocycles. The average molecular weight is 295 g/mol. The van der Waals surface area contributed by atoms with Crippen LogP contribution in [-0.2, 0) is 4.74 Å². The van der Waals surface area contributed by atoms with Gasteiger partial charge in [-0.15, -0.1) is 10.2 Å². The molecule has 0 spiro atoms. The predicted octanol–water partition coefficient (Wildman–Crippen LogP) is 2.92. The van der Waals surface area contributed by atoms with Gasteiger partial charge in [0, 0.05) is 5.69 Å². The van der Waals surface area contributed by atoms with E-state index in [1.54, 1.807) is 0 Å². The van der Waals surface area contributed by atoms with E-state index in [1.807, 2.05) is 18.2 Å². The Morgan fingerprint density at radius 1 is 1.10 bits per heavy atom. The van der Waals surface area contributed by atoms with Crippen LogP contribution < -0.4 is 0 Å². The van der Waals surface area contributed by atoms with Gasteiger partial charge in [-0.3, -0.25) is 4.40 Å². The van der Waals surface area contributed by atoms with Crippen molar-refractivity contribution in [2.24, 2.45) is 5.92 Å². The molecule has 1 saturated heterocycles. The molecule has 0 radical (unpaired) electrons. The van der Waals surface area contributed by atoms with Gasteiger partial charge in [-0.25, -0.2) is 4.98 Å². The first kappa shape index (κ1) is 13.8. The molecule has 4 unspecified atom stereocenters. The average Bonchev–Trinajstić information content (AvgIpc) is 2.90. The Balaban J connectivity index is 2.23. The number of fused-ring (bicyclic) bond motifs is 1. The minimum Gasteiger partial charge on any atom is -0.374 e. The van der Waals surface area contributed by atoms with E-state index in [-0.39, 0.29) is 18.1 Å². The molecule has 0 aliphatic carbocycles. The molecule has 1 aliphatic rings. The van der Waals surface area contributed by atoms with Gasteiger partial charge < -0.3 is 4.74 Å². The van der Waals surface area contributed by atoms with E-state index in [0.29, 0.717) is 16.7 Å². The van der Waals surface area contributed by atoms with Gasteiger partial charge in [0.1, 0.15) is 5.82 Å². The third-order valence-electron chi connectivity index (χ3n) is 4.54. The SMILES string of the molecule is Cc1nc(Cl)c2nnc(C3C(C)OC(C)C3C)n2c1C. The first-order valence-corrected chi connectivity index (χ1v) is 7.32. The zero-order valence-corrected chi connectivity index (χ0v) is 13.1. The highest BCUT2D eigenvalue weighted by Crippen LogP contribution is 2.39. The summed E-state index contributed by atoms with van der Waals surface area (Å²) in [5, 5.41) is 9.01. The number of hydrogen-bond acceptors (Lipinski definition) is 4. The Morgan fingerprint density at radius 3 is 2.40 bits per heavy atom. The van der Waals surface area contributed by atoms with E-state index >= 15 is 0 Å². The molecule has 1 aliphatic heterocycles. The lowest BCUT2D eigenvalue weighted by Crippen LogP contribution is -2.19. The predicted molar refractivity (Wildman–Crippen MR) is 77.2 cm³/mol. The molecule has 1 fully saturated rings. The Hall–Kier alpha value is -1.20. The molecule has 0 aromatic carbocycles. The highest BCUT2D eigenvalue weighted by Gasteiger charge is 2.41. The molecular formula is C14H19ClN4O. The zero-order chi connectivity index (χ0) is 14.6. The van der Waals surface area contributed by atoms with Gasteiger partial charge in [0.2, 0.25) is 0 Å². The zero-order valence-electron chi connectivity index (χ0n) is 12.4. The van der Waals surface area contributed by atoms with Crippen LogP contribution in [0.3, 0.4) is 0 Å². The van der Waals surface area contributed by atoms with Crippen LogP contribution in [0.25, 0.3) is 5.65 Å². The Kier molecular flexibility index (Phi) is 3.21. The molecule has 2 aromatic heterocycles. The van der Waals surface area contributed by atoms with Crippen molar-refractivity contribution >= 4 is 17.2 Å². The maximum Gasteiger partial charge on any atom is 0.198 e. The van der Waals surface area contributed by atoms with Crippen molar-refractivity contribution in [1.29, 1.82) is 0 Å². The number of ether oxygens (including phenoxy) is 1. The van der Waals surface area contributed by atoms with Gasteiger partial charge in [-0.05, 0) is 33.6 Å². The highest BCUT2D eigenvalue weighted by molar-refractivity contribution is 6.32. The summed E-state index contributed by atoms with van der Waals surface area (Å²) in [5.74, 6) is 1.54. The summed E-state index contributed by atoms with van der Waals surface area (Å²) in [6.45, 7) is 10.4. The fourth-order valence-electron chi connectivity index (χ4n) is 3.13. The maximum atomic E-state index is 6.19. The van der Waals surface area contributed by atoms with Crippen molar-refractivity contribution in [2.45, 2.75) is 52.7 Å². The second-order valence-corrected chi connectivity index (χ2v) is 6.08. The van der Waals surface area contributed by atoms with Crippen LogP contribution in [0.4, 0.5) is 0 Å². The Labute approximate surface area is 123 Å². The molecule has 6 heteroatoms. The van der Waals surface area contributed by atoms with E-state index in [1.165, 1.54) is 0 Å². The van der Waals surface area contributed by atoms with E-state index in [9.17, 15) is 0 Å². The fourth-order valence-corrected chi connectivity index (χ4v) is 3.38. The molecule has 2 aromatic rings. The third-order valence-corrected chi connectivity index (χ3v) is 4.79.